The summed E-state index contributed by atoms with van der Waals surface area (Å²) in [4.78, 5) is 4.38. The first-order valence-electron chi connectivity index (χ1n) is 7.03. The van der Waals surface area contributed by atoms with Gasteiger partial charge in [-0.25, -0.2) is 4.98 Å². The lowest BCUT2D eigenvalue weighted by Gasteiger charge is -2.14. The Bertz CT molecular complexity index is 661. The molecule has 1 unspecified atom stereocenters. The number of aromatic nitrogens is 1. The molecule has 1 aromatic heterocycles. The van der Waals surface area contributed by atoms with E-state index in [-0.39, 0.29) is 6.10 Å². The molecular weight excluding hydrogens is 262 g/mol. The molecule has 0 saturated carbocycles. The predicted molar refractivity (Wildman–Crippen MR) is 83.8 cm³/mol. The number of aryl methyl sites for hydroxylation is 1. The number of nitrogens with zero attached hydrogens (tertiary/aromatic N) is 2. The van der Waals surface area contributed by atoms with Crippen LogP contribution in [0.4, 0.5) is 11.5 Å². The molecule has 2 rings (SSSR count). The summed E-state index contributed by atoms with van der Waals surface area (Å²) < 4.78 is 5.80. The smallest absolute Gasteiger partial charge is 0.131 e. The Morgan fingerprint density at radius 1 is 1.33 bits per heavy atom. The van der Waals surface area contributed by atoms with E-state index in [1.54, 1.807) is 12.1 Å². The van der Waals surface area contributed by atoms with Crippen LogP contribution >= 0.6 is 0 Å². The number of anilines is 2. The average molecular weight is 281 g/mol. The minimum atomic E-state index is 0.183. The summed E-state index contributed by atoms with van der Waals surface area (Å²) in [6.45, 7) is 6.00. The Labute approximate surface area is 125 Å². The molecule has 0 aliphatic heterocycles. The van der Waals surface area contributed by atoms with Gasteiger partial charge in [-0.2, -0.15) is 5.26 Å². The van der Waals surface area contributed by atoms with E-state index in [1.807, 2.05) is 38.1 Å². The third-order valence-corrected chi connectivity index (χ3v) is 3.10. The first-order chi connectivity index (χ1) is 10.1. The van der Waals surface area contributed by atoms with Gasteiger partial charge >= 0.3 is 0 Å². The van der Waals surface area contributed by atoms with Crippen LogP contribution in [0.2, 0.25) is 0 Å². The van der Waals surface area contributed by atoms with Crippen molar-refractivity contribution in [2.75, 3.05) is 5.32 Å². The molecule has 1 N–H and O–H groups in total. The minimum absolute atomic E-state index is 0.183. The Hall–Kier alpha value is -2.54. The minimum Gasteiger partial charge on any atom is -0.491 e. The Kier molecular flexibility index (Phi) is 4.78. The van der Waals surface area contributed by atoms with Gasteiger partial charge in [0.25, 0.3) is 0 Å². The van der Waals surface area contributed by atoms with Gasteiger partial charge in [0.05, 0.1) is 17.7 Å². The first-order valence-corrected chi connectivity index (χ1v) is 7.03. The van der Waals surface area contributed by atoms with Gasteiger partial charge < -0.3 is 10.1 Å². The molecule has 0 aliphatic rings. The predicted octanol–water partition coefficient (Wildman–Crippen LogP) is 4.18. The van der Waals surface area contributed by atoms with Crippen LogP contribution in [0.5, 0.6) is 5.75 Å². The number of hydrogen-bond donors (Lipinski definition) is 1. The monoisotopic (exact) mass is 281 g/mol. The summed E-state index contributed by atoms with van der Waals surface area (Å²) in [5.74, 6) is 1.48. The van der Waals surface area contributed by atoms with Crippen LogP contribution in [-0.2, 0) is 0 Å². The lowest BCUT2D eigenvalue weighted by molar-refractivity contribution is 0.217. The summed E-state index contributed by atoms with van der Waals surface area (Å²) in [7, 11) is 0. The highest BCUT2D eigenvalue weighted by Gasteiger charge is 2.04. The maximum atomic E-state index is 9.00. The van der Waals surface area contributed by atoms with E-state index in [0.717, 1.165) is 23.6 Å². The topological polar surface area (TPSA) is 57.9 Å². The van der Waals surface area contributed by atoms with Gasteiger partial charge in [0.1, 0.15) is 11.6 Å². The molecule has 4 heteroatoms. The number of rotatable bonds is 5. The maximum Gasteiger partial charge on any atom is 0.131 e. The molecule has 0 fully saturated rings. The van der Waals surface area contributed by atoms with Crippen molar-refractivity contribution in [1.29, 1.82) is 5.26 Å². The summed E-state index contributed by atoms with van der Waals surface area (Å²) in [6.07, 6.45) is 1.14. The summed E-state index contributed by atoms with van der Waals surface area (Å²) in [5, 5.41) is 12.2. The van der Waals surface area contributed by atoms with Crippen LogP contribution < -0.4 is 10.1 Å². The lowest BCUT2D eigenvalue weighted by atomic mass is 10.2. The van der Waals surface area contributed by atoms with E-state index in [1.165, 1.54) is 0 Å². The molecule has 1 atom stereocenters. The molecule has 0 saturated heterocycles. The zero-order valence-electron chi connectivity index (χ0n) is 12.6. The van der Waals surface area contributed by atoms with Crippen LogP contribution in [0.3, 0.4) is 0 Å². The fraction of sp³-hybridized carbons (Fsp3) is 0.294. The second-order valence-electron chi connectivity index (χ2n) is 4.98. The fourth-order valence-electron chi connectivity index (χ4n) is 1.91. The average Bonchev–Trinajstić information content (AvgIpc) is 2.46. The van der Waals surface area contributed by atoms with Crippen LogP contribution in [0, 0.1) is 18.3 Å². The van der Waals surface area contributed by atoms with Crippen molar-refractivity contribution in [1.82, 2.24) is 4.98 Å². The standard InChI is InChI=1S/C17H19N3O/c1-4-13(3)21-16-7-5-6-15(10-16)20-17-9-14(11-18)8-12(2)19-17/h5-10,13H,4H2,1-3H3,(H,19,20). The number of nitriles is 1. The first kappa shape index (κ1) is 14.9. The fourth-order valence-corrected chi connectivity index (χ4v) is 1.91. The zero-order chi connectivity index (χ0) is 15.2. The molecule has 0 spiro atoms. The number of nitrogens with one attached hydrogen (secondary N) is 1. The molecule has 4 nitrogen and oxygen atoms in total. The molecule has 2 aromatic rings. The van der Waals surface area contributed by atoms with Crippen molar-refractivity contribution in [3.8, 4) is 11.8 Å². The second kappa shape index (κ2) is 6.76. The zero-order valence-corrected chi connectivity index (χ0v) is 12.6. The summed E-state index contributed by atoms with van der Waals surface area (Å²) >= 11 is 0. The van der Waals surface area contributed by atoms with Crippen LogP contribution in [0.15, 0.2) is 36.4 Å². The van der Waals surface area contributed by atoms with Crippen molar-refractivity contribution in [3.63, 3.8) is 0 Å². The molecular formula is C17H19N3O. The third-order valence-electron chi connectivity index (χ3n) is 3.10. The van der Waals surface area contributed by atoms with E-state index in [2.05, 4.69) is 23.3 Å². The highest BCUT2D eigenvalue weighted by Crippen LogP contribution is 2.22. The van der Waals surface area contributed by atoms with Crippen molar-refractivity contribution < 1.29 is 4.74 Å². The van der Waals surface area contributed by atoms with Gasteiger partial charge in [-0.05, 0) is 44.5 Å². The van der Waals surface area contributed by atoms with E-state index in [0.29, 0.717) is 11.4 Å². The van der Waals surface area contributed by atoms with Crippen LogP contribution in [0.1, 0.15) is 31.5 Å². The number of ether oxygens (including phenoxy) is 1. The van der Waals surface area contributed by atoms with Gasteiger partial charge in [-0.15, -0.1) is 0 Å². The second-order valence-corrected chi connectivity index (χ2v) is 4.98. The number of benzene rings is 1. The van der Waals surface area contributed by atoms with Crippen LogP contribution in [0.25, 0.3) is 0 Å². The molecule has 0 radical (unpaired) electrons. The molecule has 21 heavy (non-hydrogen) atoms. The molecule has 0 amide bonds. The molecule has 1 heterocycles. The molecule has 0 aliphatic carbocycles. The summed E-state index contributed by atoms with van der Waals surface area (Å²) in [6, 6.07) is 13.4. The molecule has 108 valence electrons. The quantitative estimate of drug-likeness (QED) is 0.893. The molecule has 0 bridgehead atoms. The van der Waals surface area contributed by atoms with E-state index in [9.17, 15) is 0 Å². The van der Waals surface area contributed by atoms with E-state index >= 15 is 0 Å². The van der Waals surface area contributed by atoms with Gasteiger partial charge in [-0.1, -0.05) is 13.0 Å². The van der Waals surface area contributed by atoms with Gasteiger partial charge in [0.15, 0.2) is 0 Å². The van der Waals surface area contributed by atoms with Crippen molar-refractivity contribution in [2.24, 2.45) is 0 Å². The maximum absolute atomic E-state index is 9.00. The highest BCUT2D eigenvalue weighted by atomic mass is 16.5. The normalized spacial score (nSPS) is 11.5. The van der Waals surface area contributed by atoms with Crippen molar-refractivity contribution in [2.45, 2.75) is 33.3 Å². The Morgan fingerprint density at radius 3 is 2.86 bits per heavy atom. The van der Waals surface area contributed by atoms with Gasteiger partial charge in [-0.3, -0.25) is 0 Å². The van der Waals surface area contributed by atoms with Crippen LogP contribution in [-0.4, -0.2) is 11.1 Å². The van der Waals surface area contributed by atoms with E-state index < -0.39 is 0 Å². The number of pyridine rings is 1. The largest absolute Gasteiger partial charge is 0.491 e. The van der Waals surface area contributed by atoms with Crippen molar-refractivity contribution in [3.05, 3.63) is 47.7 Å². The van der Waals surface area contributed by atoms with Crippen molar-refractivity contribution >= 4 is 11.5 Å². The van der Waals surface area contributed by atoms with E-state index in [4.69, 9.17) is 10.00 Å². The number of hydrogen-bond acceptors (Lipinski definition) is 4. The van der Waals surface area contributed by atoms with Gasteiger partial charge in [0.2, 0.25) is 0 Å². The Morgan fingerprint density at radius 2 is 2.14 bits per heavy atom. The summed E-state index contributed by atoms with van der Waals surface area (Å²) in [5.41, 5.74) is 2.29. The SMILES string of the molecule is CCC(C)Oc1cccc(Nc2cc(C#N)cc(C)n2)c1. The Balaban J connectivity index is 2.18. The third kappa shape index (κ3) is 4.22. The highest BCUT2D eigenvalue weighted by molar-refractivity contribution is 5.59. The van der Waals surface area contributed by atoms with Gasteiger partial charge in [0, 0.05) is 17.4 Å². The molecule has 1 aromatic carbocycles. The lowest BCUT2D eigenvalue weighted by Crippen LogP contribution is -2.09.